The lowest BCUT2D eigenvalue weighted by Gasteiger charge is -2.36. The second-order valence-electron chi connectivity index (χ2n) is 9.97. The van der Waals surface area contributed by atoms with E-state index in [2.05, 4.69) is 9.88 Å². The summed E-state index contributed by atoms with van der Waals surface area (Å²) in [6.07, 6.45) is 0.869. The molecular weight excluding hydrogens is 584 g/mol. The molecule has 2 saturated heterocycles. The Morgan fingerprint density at radius 1 is 1.00 bits per heavy atom. The molecule has 42 heavy (non-hydrogen) atoms. The number of nitrogens with zero attached hydrogens (tertiary/aromatic N) is 6. The first-order valence-corrected chi connectivity index (χ1v) is 16.0. The average molecular weight is 619 g/mol. The third-order valence-electron chi connectivity index (χ3n) is 7.53. The van der Waals surface area contributed by atoms with Gasteiger partial charge in [0.2, 0.25) is 15.9 Å². The highest BCUT2D eigenvalue weighted by Gasteiger charge is 2.34. The largest absolute Gasteiger partial charge is 0.495 e. The van der Waals surface area contributed by atoms with Crippen LogP contribution in [0.25, 0.3) is 10.2 Å². The minimum absolute atomic E-state index is 0.00656. The highest BCUT2D eigenvalue weighted by atomic mass is 32.2. The molecule has 0 N–H and O–H groups in total. The molecule has 13 nitrogen and oxygen atoms in total. The number of thiophene rings is 1. The van der Waals surface area contributed by atoms with E-state index >= 15 is 0 Å². The summed E-state index contributed by atoms with van der Waals surface area (Å²) in [5.41, 5.74) is 0.322. The number of rotatable bonds is 7. The number of hydrogen-bond acceptors (Lipinski definition) is 10. The van der Waals surface area contributed by atoms with Crippen LogP contribution in [-0.2, 0) is 26.1 Å². The fraction of sp³-hybridized carbons (Fsp3) is 0.481. The zero-order valence-electron chi connectivity index (χ0n) is 23.8. The van der Waals surface area contributed by atoms with Gasteiger partial charge in [-0.1, -0.05) is 12.1 Å². The van der Waals surface area contributed by atoms with Gasteiger partial charge in [0.05, 0.1) is 31.1 Å². The highest BCUT2D eigenvalue weighted by molar-refractivity contribution is 7.89. The Morgan fingerprint density at radius 3 is 2.33 bits per heavy atom. The van der Waals surface area contributed by atoms with Crippen molar-refractivity contribution in [1.29, 1.82) is 0 Å². The number of aryl methyl sites for hydroxylation is 1. The van der Waals surface area contributed by atoms with E-state index in [0.717, 1.165) is 27.3 Å². The molecule has 5 rings (SSSR count). The van der Waals surface area contributed by atoms with E-state index in [1.807, 2.05) is 24.3 Å². The van der Waals surface area contributed by atoms with Gasteiger partial charge in [0, 0.05) is 57.2 Å². The summed E-state index contributed by atoms with van der Waals surface area (Å²) in [7, 11) is -2.41. The normalized spacial score (nSPS) is 16.6. The van der Waals surface area contributed by atoms with Gasteiger partial charge in [-0.3, -0.25) is 14.2 Å². The van der Waals surface area contributed by atoms with E-state index in [4.69, 9.17) is 9.47 Å². The van der Waals surface area contributed by atoms with Crippen LogP contribution in [0.4, 0.5) is 10.5 Å². The number of anilines is 1. The van der Waals surface area contributed by atoms with Crippen molar-refractivity contribution in [2.75, 3.05) is 71.0 Å². The fourth-order valence-corrected chi connectivity index (χ4v) is 8.41. The number of benzene rings is 1. The van der Waals surface area contributed by atoms with Crippen molar-refractivity contribution in [2.24, 2.45) is 0 Å². The molecule has 2 fully saturated rings. The van der Waals surface area contributed by atoms with Gasteiger partial charge >= 0.3 is 6.09 Å². The molecule has 0 atom stereocenters. The molecule has 1 aromatic carbocycles. The third kappa shape index (κ3) is 5.68. The Labute approximate surface area is 247 Å². The number of piperazine rings is 2. The number of para-hydroxylation sites is 2. The molecule has 226 valence electrons. The monoisotopic (exact) mass is 618 g/mol. The predicted molar refractivity (Wildman–Crippen MR) is 158 cm³/mol. The Hall–Kier alpha value is -3.69. The summed E-state index contributed by atoms with van der Waals surface area (Å²) in [4.78, 5) is 48.9. The number of amides is 2. The van der Waals surface area contributed by atoms with E-state index in [1.54, 1.807) is 25.9 Å². The predicted octanol–water partition coefficient (Wildman–Crippen LogP) is 1.59. The van der Waals surface area contributed by atoms with Crippen LogP contribution in [0, 0.1) is 6.92 Å². The standard InChI is InChI=1S/C27H34N6O7S2/c1-4-40-27(36)31-11-9-30(10-12-31)22(34)17-32-18-28-25-23(26(32)35)24(19(2)41-25)42(37,38)33-15-13-29(14-16-33)20-7-5-6-8-21(20)39-3/h5-8,18H,4,9-17H2,1-3H3. The second-order valence-corrected chi connectivity index (χ2v) is 13.1. The van der Waals surface area contributed by atoms with Crippen molar-refractivity contribution in [3.05, 3.63) is 45.8 Å². The van der Waals surface area contributed by atoms with Crippen LogP contribution in [-0.4, -0.2) is 110 Å². The Kier molecular flexibility index (Phi) is 8.70. The van der Waals surface area contributed by atoms with Crippen LogP contribution >= 0.6 is 11.3 Å². The number of hydrogen-bond donors (Lipinski definition) is 0. The lowest BCUT2D eigenvalue weighted by Crippen LogP contribution is -2.51. The Balaban J connectivity index is 1.33. The number of methoxy groups -OCH3 is 1. The maximum atomic E-state index is 13.9. The van der Waals surface area contributed by atoms with Crippen molar-refractivity contribution < 1.29 is 27.5 Å². The summed E-state index contributed by atoms with van der Waals surface area (Å²) >= 11 is 1.15. The van der Waals surface area contributed by atoms with Crippen LogP contribution in [0.5, 0.6) is 5.75 Å². The quantitative estimate of drug-likeness (QED) is 0.387. The van der Waals surface area contributed by atoms with Crippen molar-refractivity contribution in [3.63, 3.8) is 0 Å². The molecule has 0 spiro atoms. The summed E-state index contributed by atoms with van der Waals surface area (Å²) in [5.74, 6) is 0.404. The van der Waals surface area contributed by atoms with Gasteiger partial charge in [-0.15, -0.1) is 11.3 Å². The number of carbonyl (C=O) groups excluding carboxylic acids is 2. The van der Waals surface area contributed by atoms with Gasteiger partial charge < -0.3 is 24.2 Å². The van der Waals surface area contributed by atoms with Gasteiger partial charge in [-0.2, -0.15) is 4.31 Å². The first kappa shape index (κ1) is 29.8. The summed E-state index contributed by atoms with van der Waals surface area (Å²) < 4.78 is 40.9. The molecule has 2 aliphatic rings. The summed E-state index contributed by atoms with van der Waals surface area (Å²) in [6, 6.07) is 7.60. The van der Waals surface area contributed by atoms with E-state index in [0.29, 0.717) is 49.0 Å². The molecule has 0 radical (unpaired) electrons. The SMILES string of the molecule is CCOC(=O)N1CCN(C(=O)Cn2cnc3sc(C)c(S(=O)(=O)N4CCN(c5ccccc5OC)CC4)c3c2=O)CC1. The summed E-state index contributed by atoms with van der Waals surface area (Å²) in [5, 5.41) is 0.00656. The maximum absolute atomic E-state index is 13.9. The van der Waals surface area contributed by atoms with E-state index in [9.17, 15) is 22.8 Å². The second kappa shape index (κ2) is 12.3. The number of fused-ring (bicyclic) bond motifs is 1. The molecule has 4 heterocycles. The van der Waals surface area contributed by atoms with E-state index in [1.165, 1.54) is 15.5 Å². The zero-order valence-corrected chi connectivity index (χ0v) is 25.4. The minimum Gasteiger partial charge on any atom is -0.495 e. The lowest BCUT2D eigenvalue weighted by atomic mass is 10.2. The fourth-order valence-electron chi connectivity index (χ4n) is 5.32. The zero-order chi connectivity index (χ0) is 30.0. The first-order valence-electron chi connectivity index (χ1n) is 13.7. The molecule has 15 heteroatoms. The summed E-state index contributed by atoms with van der Waals surface area (Å²) in [6.45, 7) is 6.05. The highest BCUT2D eigenvalue weighted by Crippen LogP contribution is 2.34. The molecule has 0 saturated carbocycles. The van der Waals surface area contributed by atoms with Gasteiger partial charge in [0.25, 0.3) is 5.56 Å². The molecular formula is C27H34N6O7S2. The molecule has 2 aromatic heterocycles. The minimum atomic E-state index is -4.02. The molecule has 0 aliphatic carbocycles. The van der Waals surface area contributed by atoms with Gasteiger partial charge in [-0.05, 0) is 26.0 Å². The van der Waals surface area contributed by atoms with Crippen LogP contribution < -0.4 is 15.2 Å². The van der Waals surface area contributed by atoms with Crippen molar-refractivity contribution in [3.8, 4) is 5.75 Å². The van der Waals surface area contributed by atoms with E-state index in [-0.39, 0.29) is 42.4 Å². The molecule has 2 amide bonds. The topological polar surface area (TPSA) is 135 Å². The number of sulfonamides is 1. The molecule has 2 aliphatic heterocycles. The number of aromatic nitrogens is 2. The van der Waals surface area contributed by atoms with Crippen LogP contribution in [0.2, 0.25) is 0 Å². The number of carbonyl (C=O) groups is 2. The first-order chi connectivity index (χ1) is 20.1. The van der Waals surface area contributed by atoms with E-state index < -0.39 is 21.7 Å². The lowest BCUT2D eigenvalue weighted by molar-refractivity contribution is -0.133. The average Bonchev–Trinajstić information content (AvgIpc) is 3.36. The van der Waals surface area contributed by atoms with Gasteiger partial charge in [0.15, 0.2) is 0 Å². The molecule has 0 bridgehead atoms. The van der Waals surface area contributed by atoms with Crippen molar-refractivity contribution >= 4 is 49.3 Å². The molecule has 3 aromatic rings. The van der Waals surface area contributed by atoms with Gasteiger partial charge in [0.1, 0.15) is 22.0 Å². The van der Waals surface area contributed by atoms with Crippen LogP contribution in [0.3, 0.4) is 0 Å². The van der Waals surface area contributed by atoms with Crippen LogP contribution in [0.1, 0.15) is 11.8 Å². The van der Waals surface area contributed by atoms with Crippen LogP contribution in [0.15, 0.2) is 40.3 Å². The van der Waals surface area contributed by atoms with Crippen molar-refractivity contribution in [1.82, 2.24) is 23.7 Å². The van der Waals surface area contributed by atoms with Gasteiger partial charge in [-0.25, -0.2) is 18.2 Å². The number of ether oxygens (including phenoxy) is 2. The smallest absolute Gasteiger partial charge is 0.409 e. The molecule has 0 unspecified atom stereocenters. The Bertz CT molecular complexity index is 1640. The van der Waals surface area contributed by atoms with Crippen molar-refractivity contribution in [2.45, 2.75) is 25.3 Å². The Morgan fingerprint density at radius 2 is 1.67 bits per heavy atom. The third-order valence-corrected chi connectivity index (χ3v) is 10.7. The maximum Gasteiger partial charge on any atom is 0.409 e.